The first-order chi connectivity index (χ1) is 15.5. The van der Waals surface area contributed by atoms with Gasteiger partial charge in [-0.25, -0.2) is 9.59 Å². The zero-order chi connectivity index (χ0) is 26.9. The fraction of sp³-hybridized carbons (Fsp3) is 0.750. The van der Waals surface area contributed by atoms with Gasteiger partial charge in [0.25, 0.3) is 0 Å². The molecule has 0 aliphatic carbocycles. The minimum Gasteiger partial charge on any atom is -1.00 e. The number of carbonyl (C=O) groups is 3. The Morgan fingerprint density at radius 1 is 0.850 bits per heavy atom. The van der Waals surface area contributed by atoms with Crippen LogP contribution in [0, 0.1) is 6.58 Å². The molecule has 2 saturated heterocycles. The van der Waals surface area contributed by atoms with Crippen molar-refractivity contribution in [3.05, 3.63) is 25.8 Å². The zero-order valence-corrected chi connectivity index (χ0v) is 29.4. The minimum atomic E-state index is -1.06. The summed E-state index contributed by atoms with van der Waals surface area (Å²) in [5.74, 6) is 0.0401. The van der Waals surface area contributed by atoms with Crippen molar-refractivity contribution < 1.29 is 45.9 Å². The molecule has 1 unspecified atom stereocenters. The Morgan fingerprint density at radius 2 is 1.20 bits per heavy atom. The van der Waals surface area contributed by atoms with Crippen LogP contribution in [0.25, 0.3) is 0 Å². The topological polar surface area (TPSA) is 96.4 Å². The molecule has 12 heteroatoms. The van der Waals surface area contributed by atoms with Crippen LogP contribution in [0.4, 0.5) is 9.59 Å². The summed E-state index contributed by atoms with van der Waals surface area (Å²) in [6, 6.07) is -0.519. The van der Waals surface area contributed by atoms with Gasteiger partial charge < -0.3 is 43.0 Å². The van der Waals surface area contributed by atoms with Crippen LogP contribution in [0.1, 0.15) is 95.9 Å². The Morgan fingerprint density at radius 3 is 1.55 bits per heavy atom. The van der Waals surface area contributed by atoms with Crippen LogP contribution in [0.15, 0.2) is 19.2 Å². The minimum absolute atomic E-state index is 0. The van der Waals surface area contributed by atoms with E-state index in [-0.39, 0.29) is 112 Å². The first kappa shape index (κ1) is 55.5. The Balaban J connectivity index is -0.0000000901. The van der Waals surface area contributed by atoms with Crippen LogP contribution in [0.5, 0.6) is 0 Å². The number of amides is 2. The first-order valence-electron chi connectivity index (χ1n) is 11.7. The average Bonchev–Trinajstić information content (AvgIpc) is 3.37. The van der Waals surface area contributed by atoms with Crippen LogP contribution in [-0.2, 0) is 14.3 Å². The Labute approximate surface area is 285 Å². The number of hydrogen-bond acceptors (Lipinski definition) is 6. The van der Waals surface area contributed by atoms with Gasteiger partial charge in [0.1, 0.15) is 16.8 Å². The van der Waals surface area contributed by atoms with Crippen LogP contribution >= 0.6 is 27.0 Å². The SMILES string of the molecule is C.C.C=CC(C)(O)[C@@H]1CCCN1C(=O)OC(C)(C)C.CC(=O)[C@@H]1CCCN1C(=O)OC(C)(C)C.S.S.[Br-].[CH-]=C.[Mg+2]. The molecular weight excluding hydrogens is 629 g/mol. The molecule has 3 atom stereocenters. The molecule has 0 spiro atoms. The number of halogens is 1. The Bertz CT molecular complexity index is 731. The van der Waals surface area contributed by atoms with Gasteiger partial charge in [0, 0.05) is 13.1 Å². The van der Waals surface area contributed by atoms with E-state index in [0.29, 0.717) is 13.1 Å². The fourth-order valence-corrected chi connectivity index (χ4v) is 3.78. The van der Waals surface area contributed by atoms with Crippen molar-refractivity contribution in [1.82, 2.24) is 9.80 Å². The number of likely N-dealkylation sites (tertiary alicyclic amines) is 2. The average molecular weight is 686 g/mol. The van der Waals surface area contributed by atoms with Gasteiger partial charge in [-0.15, -0.1) is 6.58 Å². The maximum Gasteiger partial charge on any atom is 2.00 e. The van der Waals surface area contributed by atoms with Gasteiger partial charge in [0.2, 0.25) is 0 Å². The molecule has 0 aromatic carbocycles. The number of ketones is 1. The van der Waals surface area contributed by atoms with Gasteiger partial charge in [0.15, 0.2) is 5.78 Å². The summed E-state index contributed by atoms with van der Waals surface area (Å²) in [7, 11) is 0. The molecule has 0 bridgehead atoms. The second kappa shape index (κ2) is 24.1. The van der Waals surface area contributed by atoms with Gasteiger partial charge in [-0.3, -0.25) is 16.3 Å². The third-order valence-electron chi connectivity index (χ3n) is 5.32. The summed E-state index contributed by atoms with van der Waals surface area (Å²) < 4.78 is 10.6. The van der Waals surface area contributed by atoms with Crippen molar-refractivity contribution >= 4 is 68.0 Å². The maximum atomic E-state index is 12.0. The maximum absolute atomic E-state index is 12.0. The van der Waals surface area contributed by atoms with Crippen molar-refractivity contribution in [2.75, 3.05) is 13.1 Å². The molecule has 0 radical (unpaired) electrons. The van der Waals surface area contributed by atoms with Gasteiger partial charge in [-0.1, -0.05) is 20.9 Å². The summed E-state index contributed by atoms with van der Waals surface area (Å²) in [6.45, 7) is 26.0. The van der Waals surface area contributed by atoms with Crippen LogP contribution in [0.3, 0.4) is 0 Å². The van der Waals surface area contributed by atoms with Crippen molar-refractivity contribution in [1.29, 1.82) is 0 Å². The van der Waals surface area contributed by atoms with E-state index in [1.807, 2.05) is 41.5 Å². The first-order valence-corrected chi connectivity index (χ1v) is 11.7. The van der Waals surface area contributed by atoms with Crippen molar-refractivity contribution in [2.24, 2.45) is 0 Å². The number of aliphatic hydroxyl groups is 1. The summed E-state index contributed by atoms with van der Waals surface area (Å²) in [5, 5.41) is 10.2. The number of nitrogens with zero attached hydrogens (tertiary/aromatic N) is 2. The summed E-state index contributed by atoms with van der Waals surface area (Å²) in [5.41, 5.74) is -2.07. The zero-order valence-electron chi connectivity index (χ0n) is 24.4. The molecule has 40 heavy (non-hydrogen) atoms. The molecule has 8 nitrogen and oxygen atoms in total. The van der Waals surface area contributed by atoms with E-state index in [0.717, 1.165) is 25.7 Å². The predicted octanol–water partition coefficient (Wildman–Crippen LogP) is 3.02. The van der Waals surface area contributed by atoms with E-state index in [2.05, 4.69) is 19.7 Å². The van der Waals surface area contributed by atoms with Crippen LogP contribution < -0.4 is 17.0 Å². The van der Waals surface area contributed by atoms with E-state index in [1.54, 1.807) is 11.8 Å². The number of hydrogen-bond donors (Lipinski definition) is 1. The number of ether oxygens (including phenoxy) is 2. The van der Waals surface area contributed by atoms with Gasteiger partial charge in [-0.05, 0) is 81.1 Å². The van der Waals surface area contributed by atoms with Gasteiger partial charge in [0.05, 0.1) is 12.1 Å². The molecule has 0 saturated carbocycles. The largest absolute Gasteiger partial charge is 2.00 e. The number of rotatable bonds is 3. The smallest absolute Gasteiger partial charge is 1.00 e. The molecular formula is C28H57BrMgN2O6S2. The van der Waals surface area contributed by atoms with Crippen LogP contribution in [0.2, 0.25) is 0 Å². The monoisotopic (exact) mass is 684 g/mol. The Kier molecular flexibility index (Phi) is 33.4. The molecule has 2 aliphatic rings. The fourth-order valence-electron chi connectivity index (χ4n) is 3.78. The molecule has 2 heterocycles. The molecule has 2 amide bonds. The second-order valence-electron chi connectivity index (χ2n) is 10.7. The van der Waals surface area contributed by atoms with Crippen molar-refractivity contribution in [3.8, 4) is 0 Å². The second-order valence-corrected chi connectivity index (χ2v) is 10.7. The van der Waals surface area contributed by atoms with E-state index in [1.165, 1.54) is 17.9 Å². The van der Waals surface area contributed by atoms with E-state index in [4.69, 9.17) is 9.47 Å². The van der Waals surface area contributed by atoms with E-state index in [9.17, 15) is 19.5 Å². The predicted molar refractivity (Wildman–Crippen MR) is 173 cm³/mol. The summed E-state index contributed by atoms with van der Waals surface area (Å²) >= 11 is 0. The molecule has 236 valence electrons. The normalized spacial score (nSPS) is 18.5. The molecule has 0 aromatic rings. The quantitative estimate of drug-likeness (QED) is 0.279. The van der Waals surface area contributed by atoms with Gasteiger partial charge >= 0.3 is 35.2 Å². The Hall–Kier alpha value is -0.404. The van der Waals surface area contributed by atoms with Crippen molar-refractivity contribution in [2.45, 2.75) is 125 Å². The van der Waals surface area contributed by atoms with E-state index < -0.39 is 16.8 Å². The van der Waals surface area contributed by atoms with Crippen molar-refractivity contribution in [3.63, 3.8) is 0 Å². The standard InChI is InChI=1S/C13H23NO3.C11H19NO3.C2H3.2CH4.BrH.Mg.2H2S/c1-6-13(5,16)10-8-7-9-14(10)11(15)17-12(2,3)4;1-8(13)9-6-5-7-12(9)10(14)15-11(2,3)4;1-2;;;;;;/h6,10,16H,1,7-9H2,2-5H3;9H,5-7H2,1-4H3;1H,2H2;2*1H4;1H;;2*1H2/q;;-1;;;;+2;;/p-1/t10-,13?;9-;;;;;;;/m00......./s1. The molecule has 1 N–H and O–H groups in total. The third-order valence-corrected chi connectivity index (χ3v) is 5.32. The number of Topliss-reactive ketones (excluding diaryl/α,β-unsaturated/α-hetero) is 1. The molecule has 2 aliphatic heterocycles. The number of carbonyl (C=O) groups excluding carboxylic acids is 3. The summed E-state index contributed by atoms with van der Waals surface area (Å²) in [6.07, 6.45) is 4.05. The molecule has 2 rings (SSSR count). The molecule has 0 aromatic heterocycles. The molecule has 2 fully saturated rings. The van der Waals surface area contributed by atoms with Crippen LogP contribution in [-0.4, -0.2) is 97.9 Å². The van der Waals surface area contributed by atoms with E-state index >= 15 is 0 Å². The summed E-state index contributed by atoms with van der Waals surface area (Å²) in [4.78, 5) is 38.1. The third kappa shape index (κ3) is 19.7. The van der Waals surface area contributed by atoms with Gasteiger partial charge in [-0.2, -0.15) is 27.0 Å².